The van der Waals surface area contributed by atoms with E-state index in [1.54, 1.807) is 0 Å². The van der Waals surface area contributed by atoms with Gasteiger partial charge in [-0.2, -0.15) is 0 Å². The first-order valence-corrected chi connectivity index (χ1v) is 6.16. The molecule has 2 heteroatoms. The molecule has 0 radical (unpaired) electrons. The minimum atomic E-state index is -0.586. The van der Waals surface area contributed by atoms with E-state index in [4.69, 9.17) is 4.74 Å². The highest BCUT2D eigenvalue weighted by Gasteiger charge is 2.59. The first-order chi connectivity index (χ1) is 6.78. The lowest BCUT2D eigenvalue weighted by atomic mass is 9.60. The Bertz CT molecular complexity index is 238. The predicted octanol–water partition coefficient (Wildman–Crippen LogP) is 2.60. The summed E-state index contributed by atoms with van der Waals surface area (Å²) in [6.07, 6.45) is 2.79. The second kappa shape index (κ2) is 3.21. The van der Waals surface area contributed by atoms with Gasteiger partial charge in [0, 0.05) is 11.8 Å². The summed E-state index contributed by atoms with van der Waals surface area (Å²) >= 11 is 0. The Morgan fingerprint density at radius 1 is 1.07 bits per heavy atom. The molecule has 0 aromatic carbocycles. The summed E-state index contributed by atoms with van der Waals surface area (Å²) < 4.78 is 5.95. The Kier molecular flexibility index (Phi) is 2.44. The van der Waals surface area contributed by atoms with Crippen LogP contribution in [0.2, 0.25) is 0 Å². The van der Waals surface area contributed by atoms with Crippen molar-refractivity contribution >= 4 is 0 Å². The van der Waals surface area contributed by atoms with Gasteiger partial charge in [0.05, 0.1) is 17.8 Å². The second-order valence-electron chi connectivity index (χ2n) is 6.44. The molecule has 2 saturated heterocycles. The zero-order chi connectivity index (χ0) is 11.4. The van der Waals surface area contributed by atoms with E-state index >= 15 is 0 Å². The summed E-state index contributed by atoms with van der Waals surface area (Å²) in [5.41, 5.74) is -0.659. The minimum absolute atomic E-state index is 0.0730. The van der Waals surface area contributed by atoms with E-state index < -0.39 is 5.60 Å². The number of hydrogen-bond acceptors (Lipinski definition) is 2. The molecule has 2 aliphatic rings. The average molecular weight is 212 g/mol. The van der Waals surface area contributed by atoms with E-state index in [9.17, 15) is 5.11 Å². The van der Waals surface area contributed by atoms with Crippen LogP contribution in [-0.4, -0.2) is 22.9 Å². The van der Waals surface area contributed by atoms with Crippen LogP contribution < -0.4 is 0 Å². The van der Waals surface area contributed by atoms with Gasteiger partial charge in [-0.15, -0.1) is 0 Å². The van der Waals surface area contributed by atoms with Crippen LogP contribution >= 0.6 is 0 Å². The first-order valence-electron chi connectivity index (χ1n) is 6.16. The third-order valence-corrected chi connectivity index (χ3v) is 4.79. The maximum Gasteiger partial charge on any atom is 0.0795 e. The zero-order valence-electron chi connectivity index (χ0n) is 10.6. The Morgan fingerprint density at radius 2 is 1.47 bits per heavy atom. The van der Waals surface area contributed by atoms with Gasteiger partial charge < -0.3 is 9.84 Å². The summed E-state index contributed by atoms with van der Waals surface area (Å²) in [6, 6.07) is 0. The fourth-order valence-corrected chi connectivity index (χ4v) is 3.77. The van der Waals surface area contributed by atoms with E-state index in [2.05, 4.69) is 34.6 Å². The molecular weight excluding hydrogens is 188 g/mol. The van der Waals surface area contributed by atoms with Gasteiger partial charge in [0.1, 0.15) is 0 Å². The molecule has 0 aromatic heterocycles. The third-order valence-electron chi connectivity index (χ3n) is 4.79. The summed E-state index contributed by atoms with van der Waals surface area (Å²) in [7, 11) is 0. The van der Waals surface area contributed by atoms with Gasteiger partial charge in [-0.05, 0) is 18.3 Å². The van der Waals surface area contributed by atoms with Crippen molar-refractivity contribution in [2.45, 2.75) is 65.3 Å². The first kappa shape index (κ1) is 11.4. The highest BCUT2D eigenvalue weighted by atomic mass is 16.5. The molecule has 2 rings (SSSR count). The lowest BCUT2D eigenvalue weighted by molar-refractivity contribution is -0.231. The monoisotopic (exact) mass is 212 g/mol. The predicted molar refractivity (Wildman–Crippen MR) is 60.6 cm³/mol. The summed E-state index contributed by atoms with van der Waals surface area (Å²) in [6.45, 7) is 10.7. The van der Waals surface area contributed by atoms with Crippen LogP contribution in [0.25, 0.3) is 0 Å². The van der Waals surface area contributed by atoms with Gasteiger partial charge >= 0.3 is 0 Å². The molecule has 0 spiro atoms. The molecule has 1 N–H and O–H groups in total. The van der Waals surface area contributed by atoms with E-state index in [1.807, 2.05) is 0 Å². The molecule has 0 aliphatic carbocycles. The van der Waals surface area contributed by atoms with Crippen molar-refractivity contribution in [1.29, 1.82) is 0 Å². The number of ether oxygens (including phenoxy) is 1. The second-order valence-corrected chi connectivity index (χ2v) is 6.44. The van der Waals surface area contributed by atoms with E-state index in [-0.39, 0.29) is 29.5 Å². The van der Waals surface area contributed by atoms with Crippen molar-refractivity contribution in [3.63, 3.8) is 0 Å². The van der Waals surface area contributed by atoms with Gasteiger partial charge in [-0.3, -0.25) is 0 Å². The largest absolute Gasteiger partial charge is 0.389 e. The standard InChI is InChI=1S/C13H24O2/c1-8-10-6-7-11(15-10)9(2)13(8,14)12(3,4)5/h8-11,14H,6-7H2,1-5H3/t8-,9+,10+,11-,13-. The van der Waals surface area contributed by atoms with Crippen molar-refractivity contribution < 1.29 is 9.84 Å². The molecule has 0 unspecified atom stereocenters. The highest BCUT2D eigenvalue weighted by molar-refractivity contribution is 5.08. The van der Waals surface area contributed by atoms with Crippen LogP contribution in [0.4, 0.5) is 0 Å². The Labute approximate surface area is 93.0 Å². The Balaban J connectivity index is 2.38. The van der Waals surface area contributed by atoms with Gasteiger partial charge in [0.25, 0.3) is 0 Å². The van der Waals surface area contributed by atoms with Crippen molar-refractivity contribution in [1.82, 2.24) is 0 Å². The van der Waals surface area contributed by atoms with Gasteiger partial charge in [-0.1, -0.05) is 34.6 Å². The quantitative estimate of drug-likeness (QED) is 0.669. The summed E-state index contributed by atoms with van der Waals surface area (Å²) in [5.74, 6) is 0.484. The van der Waals surface area contributed by atoms with Crippen LogP contribution in [0.1, 0.15) is 47.5 Å². The van der Waals surface area contributed by atoms with Crippen molar-refractivity contribution in [3.05, 3.63) is 0 Å². The Hall–Kier alpha value is -0.0800. The maximum absolute atomic E-state index is 11.0. The van der Waals surface area contributed by atoms with Crippen LogP contribution in [0, 0.1) is 17.3 Å². The molecule has 2 aliphatic heterocycles. The third kappa shape index (κ3) is 1.38. The van der Waals surface area contributed by atoms with E-state index in [0.29, 0.717) is 0 Å². The maximum atomic E-state index is 11.0. The minimum Gasteiger partial charge on any atom is -0.389 e. The van der Waals surface area contributed by atoms with Crippen LogP contribution in [0.3, 0.4) is 0 Å². The molecule has 2 nitrogen and oxygen atoms in total. The van der Waals surface area contributed by atoms with E-state index in [0.717, 1.165) is 12.8 Å². The van der Waals surface area contributed by atoms with Crippen molar-refractivity contribution in [2.24, 2.45) is 17.3 Å². The zero-order valence-corrected chi connectivity index (χ0v) is 10.6. The van der Waals surface area contributed by atoms with Crippen LogP contribution in [0.15, 0.2) is 0 Å². The van der Waals surface area contributed by atoms with Gasteiger partial charge in [0.2, 0.25) is 0 Å². The lowest BCUT2D eigenvalue weighted by Gasteiger charge is -2.54. The number of hydrogen-bond donors (Lipinski definition) is 1. The molecule has 2 heterocycles. The molecule has 0 amide bonds. The fraction of sp³-hybridized carbons (Fsp3) is 1.00. The van der Waals surface area contributed by atoms with Crippen LogP contribution in [-0.2, 0) is 4.74 Å². The molecule has 2 bridgehead atoms. The topological polar surface area (TPSA) is 29.5 Å². The van der Waals surface area contributed by atoms with Crippen molar-refractivity contribution in [2.75, 3.05) is 0 Å². The average Bonchev–Trinajstić information content (AvgIpc) is 2.56. The molecule has 88 valence electrons. The van der Waals surface area contributed by atoms with Gasteiger partial charge in [-0.25, -0.2) is 0 Å². The number of aliphatic hydroxyl groups is 1. The summed E-state index contributed by atoms with van der Waals surface area (Å²) in [5, 5.41) is 11.0. The molecule has 0 aromatic rings. The van der Waals surface area contributed by atoms with E-state index in [1.165, 1.54) is 0 Å². The molecule has 2 fully saturated rings. The molecular formula is C13H24O2. The SMILES string of the molecule is C[C@@H]1[C@@H]2CC[C@@H](O2)[C@H](C)[C@@]1(O)C(C)(C)C. The summed E-state index contributed by atoms with van der Waals surface area (Å²) in [4.78, 5) is 0. The normalized spacial score (nSPS) is 50.8. The lowest BCUT2D eigenvalue weighted by Crippen LogP contribution is -2.61. The van der Waals surface area contributed by atoms with Crippen molar-refractivity contribution in [3.8, 4) is 0 Å². The fourth-order valence-electron chi connectivity index (χ4n) is 3.77. The van der Waals surface area contributed by atoms with Crippen LogP contribution in [0.5, 0.6) is 0 Å². The molecule has 5 atom stereocenters. The van der Waals surface area contributed by atoms with Gasteiger partial charge in [0.15, 0.2) is 0 Å². The Morgan fingerprint density at radius 3 is 1.80 bits per heavy atom. The highest BCUT2D eigenvalue weighted by Crippen LogP contribution is 2.53. The molecule has 0 saturated carbocycles. The number of rotatable bonds is 0. The molecule has 15 heavy (non-hydrogen) atoms. The smallest absolute Gasteiger partial charge is 0.0795 e. The number of fused-ring (bicyclic) bond motifs is 2.